The molecule has 4 aromatic rings. The van der Waals surface area contributed by atoms with Crippen molar-refractivity contribution in [1.29, 1.82) is 0 Å². The fourth-order valence-corrected chi connectivity index (χ4v) is 3.88. The zero-order chi connectivity index (χ0) is 23.2. The van der Waals surface area contributed by atoms with E-state index in [1.54, 1.807) is 20.4 Å². The lowest BCUT2D eigenvalue weighted by molar-refractivity contribution is 0.391. The predicted molar refractivity (Wildman–Crippen MR) is 130 cm³/mol. The molecule has 0 aliphatic carbocycles. The first-order chi connectivity index (χ1) is 16.1. The van der Waals surface area contributed by atoms with Gasteiger partial charge in [-0.2, -0.15) is 0 Å². The zero-order valence-electron chi connectivity index (χ0n) is 19.4. The summed E-state index contributed by atoms with van der Waals surface area (Å²) in [4.78, 5) is 4.35. The first kappa shape index (κ1) is 22.3. The quantitative estimate of drug-likeness (QED) is 0.395. The highest BCUT2D eigenvalue weighted by molar-refractivity contribution is 5.68. The zero-order valence-corrected chi connectivity index (χ0v) is 19.4. The highest BCUT2D eigenvalue weighted by atomic mass is 16.5. The Morgan fingerprint density at radius 1 is 0.939 bits per heavy atom. The van der Waals surface area contributed by atoms with Crippen molar-refractivity contribution in [3.8, 4) is 28.6 Å². The number of anilines is 1. The van der Waals surface area contributed by atoms with E-state index in [1.807, 2.05) is 48.0 Å². The Morgan fingerprint density at radius 3 is 2.33 bits per heavy atom. The molecule has 7 heteroatoms. The van der Waals surface area contributed by atoms with Gasteiger partial charge >= 0.3 is 0 Å². The summed E-state index contributed by atoms with van der Waals surface area (Å²) in [7, 11) is 3.29. The number of hydrogen-bond acceptors (Lipinski definition) is 6. The average Bonchev–Trinajstić information content (AvgIpc) is 3.26. The van der Waals surface area contributed by atoms with Crippen LogP contribution in [0.5, 0.6) is 11.5 Å². The molecule has 4 rings (SSSR count). The van der Waals surface area contributed by atoms with Crippen molar-refractivity contribution in [2.75, 3.05) is 26.1 Å². The molecule has 0 aliphatic heterocycles. The molecule has 2 aromatic heterocycles. The van der Waals surface area contributed by atoms with Crippen LogP contribution in [0.15, 0.2) is 67.0 Å². The summed E-state index contributed by atoms with van der Waals surface area (Å²) in [6.07, 6.45) is 4.57. The van der Waals surface area contributed by atoms with E-state index in [-0.39, 0.29) is 0 Å². The maximum Gasteiger partial charge on any atom is 0.229 e. The van der Waals surface area contributed by atoms with Crippen LogP contribution in [0.2, 0.25) is 0 Å². The second-order valence-corrected chi connectivity index (χ2v) is 8.12. The summed E-state index contributed by atoms with van der Waals surface area (Å²) < 4.78 is 13.3. The van der Waals surface area contributed by atoms with Crippen LogP contribution in [0.1, 0.15) is 18.1 Å². The second kappa shape index (κ2) is 10.2. The SMILES string of the molecule is COc1cccc(OC)c1-n1c(NC[C@@H](C)Cc2ccccc2)nnc1-c1cncc(C)c1. The summed E-state index contributed by atoms with van der Waals surface area (Å²) in [5, 5.41) is 12.5. The summed E-state index contributed by atoms with van der Waals surface area (Å²) in [5.41, 5.74) is 3.95. The molecule has 0 aliphatic rings. The van der Waals surface area contributed by atoms with Gasteiger partial charge in [-0.25, -0.2) is 0 Å². The number of ether oxygens (including phenoxy) is 2. The number of rotatable bonds is 9. The first-order valence-electron chi connectivity index (χ1n) is 11.0. The molecular weight excluding hydrogens is 414 g/mol. The van der Waals surface area contributed by atoms with E-state index in [0.717, 1.165) is 29.8 Å². The third kappa shape index (κ3) is 4.98. The minimum atomic E-state index is 0.390. The predicted octanol–water partition coefficient (Wildman–Crippen LogP) is 4.95. The van der Waals surface area contributed by atoms with E-state index in [1.165, 1.54) is 5.56 Å². The van der Waals surface area contributed by atoms with Crippen LogP contribution in [0.4, 0.5) is 5.95 Å². The first-order valence-corrected chi connectivity index (χ1v) is 11.0. The van der Waals surface area contributed by atoms with Crippen molar-refractivity contribution < 1.29 is 9.47 Å². The van der Waals surface area contributed by atoms with Gasteiger partial charge in [0, 0.05) is 24.5 Å². The second-order valence-electron chi connectivity index (χ2n) is 8.12. The Balaban J connectivity index is 1.73. The molecule has 0 radical (unpaired) electrons. The van der Waals surface area contributed by atoms with Crippen LogP contribution < -0.4 is 14.8 Å². The molecular formula is C26H29N5O2. The maximum atomic E-state index is 5.69. The summed E-state index contributed by atoms with van der Waals surface area (Å²) in [6, 6.07) is 18.2. The van der Waals surface area contributed by atoms with Crippen molar-refractivity contribution in [3.05, 3.63) is 78.1 Å². The monoisotopic (exact) mass is 443 g/mol. The Kier molecular flexibility index (Phi) is 6.88. The lowest BCUT2D eigenvalue weighted by Crippen LogP contribution is -2.17. The molecule has 7 nitrogen and oxygen atoms in total. The van der Waals surface area contributed by atoms with Crippen molar-refractivity contribution in [3.63, 3.8) is 0 Å². The number of nitrogens with zero attached hydrogens (tertiary/aromatic N) is 4. The van der Waals surface area contributed by atoms with Gasteiger partial charge in [0.2, 0.25) is 5.95 Å². The van der Waals surface area contributed by atoms with Crippen LogP contribution in [0.3, 0.4) is 0 Å². The van der Waals surface area contributed by atoms with E-state index in [4.69, 9.17) is 9.47 Å². The summed E-state index contributed by atoms with van der Waals surface area (Å²) in [6.45, 7) is 4.96. The molecule has 0 amide bonds. The number of aromatic nitrogens is 4. The highest BCUT2D eigenvalue weighted by Crippen LogP contribution is 2.37. The fourth-order valence-electron chi connectivity index (χ4n) is 3.88. The highest BCUT2D eigenvalue weighted by Gasteiger charge is 2.22. The number of aryl methyl sites for hydroxylation is 1. The number of hydrogen-bond donors (Lipinski definition) is 1. The molecule has 2 heterocycles. The molecule has 1 N–H and O–H groups in total. The largest absolute Gasteiger partial charge is 0.494 e. The van der Waals surface area contributed by atoms with Crippen LogP contribution >= 0.6 is 0 Å². The van der Waals surface area contributed by atoms with Crippen molar-refractivity contribution >= 4 is 5.95 Å². The maximum absolute atomic E-state index is 5.69. The van der Waals surface area contributed by atoms with Crippen LogP contribution in [-0.4, -0.2) is 40.5 Å². The van der Waals surface area contributed by atoms with E-state index in [0.29, 0.717) is 29.2 Å². The molecule has 0 spiro atoms. The van der Waals surface area contributed by atoms with Gasteiger partial charge < -0.3 is 14.8 Å². The van der Waals surface area contributed by atoms with Crippen LogP contribution in [0, 0.1) is 12.8 Å². The smallest absolute Gasteiger partial charge is 0.229 e. The van der Waals surface area contributed by atoms with E-state index in [2.05, 4.69) is 51.7 Å². The van der Waals surface area contributed by atoms with Gasteiger partial charge in [-0.05, 0) is 48.6 Å². The normalized spacial score (nSPS) is 11.8. The average molecular weight is 444 g/mol. The van der Waals surface area contributed by atoms with Gasteiger partial charge in [0.15, 0.2) is 5.82 Å². The summed E-state index contributed by atoms with van der Waals surface area (Å²) >= 11 is 0. The molecule has 2 aromatic carbocycles. The lowest BCUT2D eigenvalue weighted by atomic mass is 10.0. The minimum Gasteiger partial charge on any atom is -0.494 e. The molecule has 0 fully saturated rings. The van der Waals surface area contributed by atoms with Crippen molar-refractivity contribution in [2.24, 2.45) is 5.92 Å². The van der Waals surface area contributed by atoms with Crippen molar-refractivity contribution in [2.45, 2.75) is 20.3 Å². The Hall–Kier alpha value is -3.87. The van der Waals surface area contributed by atoms with E-state index in [9.17, 15) is 0 Å². The third-order valence-corrected chi connectivity index (χ3v) is 5.46. The molecule has 1 atom stereocenters. The Bertz CT molecular complexity index is 1180. The lowest BCUT2D eigenvalue weighted by Gasteiger charge is -2.19. The number of para-hydroxylation sites is 1. The molecule has 0 saturated heterocycles. The molecule has 0 bridgehead atoms. The molecule has 0 saturated carbocycles. The molecule has 170 valence electrons. The van der Waals surface area contributed by atoms with Gasteiger partial charge in [-0.1, -0.05) is 43.3 Å². The van der Waals surface area contributed by atoms with Gasteiger partial charge in [-0.15, -0.1) is 10.2 Å². The van der Waals surface area contributed by atoms with E-state index >= 15 is 0 Å². The number of nitrogens with one attached hydrogen (secondary N) is 1. The molecule has 0 unspecified atom stereocenters. The number of methoxy groups -OCH3 is 2. The van der Waals surface area contributed by atoms with E-state index < -0.39 is 0 Å². The van der Waals surface area contributed by atoms with Gasteiger partial charge in [0.1, 0.15) is 17.2 Å². The Morgan fingerprint density at radius 2 is 1.67 bits per heavy atom. The number of pyridine rings is 1. The van der Waals surface area contributed by atoms with Crippen molar-refractivity contribution in [1.82, 2.24) is 19.7 Å². The van der Waals surface area contributed by atoms with Gasteiger partial charge in [0.25, 0.3) is 0 Å². The van der Waals surface area contributed by atoms with Crippen LogP contribution in [-0.2, 0) is 6.42 Å². The number of benzene rings is 2. The standard InChI is InChI=1S/C26H29N5O2/c1-18(13-20-9-6-5-7-10-20)16-28-26-30-29-25(21-14-19(2)15-27-17-21)31(26)24-22(32-3)11-8-12-23(24)33-4/h5-12,14-15,17-18H,13,16H2,1-4H3,(H,28,30)/t18-/m0/s1. The fraction of sp³-hybridized carbons (Fsp3) is 0.269. The topological polar surface area (TPSA) is 74.1 Å². The minimum absolute atomic E-state index is 0.390. The van der Waals surface area contributed by atoms with Crippen LogP contribution in [0.25, 0.3) is 17.1 Å². The van der Waals surface area contributed by atoms with Gasteiger partial charge in [0.05, 0.1) is 14.2 Å². The Labute approximate surface area is 194 Å². The third-order valence-electron chi connectivity index (χ3n) is 5.46. The van der Waals surface area contributed by atoms with Gasteiger partial charge in [-0.3, -0.25) is 9.55 Å². The molecule has 33 heavy (non-hydrogen) atoms. The summed E-state index contributed by atoms with van der Waals surface area (Å²) in [5.74, 6) is 3.00.